The average molecular weight is 580 g/mol. The second-order valence-electron chi connectivity index (χ2n) is 10.2. The molecule has 1 aromatic heterocycles. The van der Waals surface area contributed by atoms with E-state index in [4.69, 9.17) is 4.74 Å². The quantitative estimate of drug-likeness (QED) is 0.352. The third kappa shape index (κ3) is 6.09. The monoisotopic (exact) mass is 579 g/mol. The van der Waals surface area contributed by atoms with E-state index in [2.05, 4.69) is 16.7 Å². The third-order valence-corrected chi connectivity index (χ3v) is 7.45. The van der Waals surface area contributed by atoms with Crippen LogP contribution in [0.3, 0.4) is 0 Å². The second-order valence-corrected chi connectivity index (χ2v) is 10.2. The van der Waals surface area contributed by atoms with Gasteiger partial charge in [0, 0.05) is 48.6 Å². The van der Waals surface area contributed by atoms with Crippen LogP contribution in [0.25, 0.3) is 0 Å². The van der Waals surface area contributed by atoms with E-state index in [-0.39, 0.29) is 12.5 Å². The van der Waals surface area contributed by atoms with Crippen molar-refractivity contribution in [1.82, 2.24) is 15.2 Å². The van der Waals surface area contributed by atoms with Gasteiger partial charge >= 0.3 is 5.97 Å². The number of hydrogen-bond acceptors (Lipinski definition) is 5. The molecule has 8 nitrogen and oxygen atoms in total. The molecule has 42 heavy (non-hydrogen) atoms. The summed E-state index contributed by atoms with van der Waals surface area (Å²) in [5.41, 5.74) is -0.763. The van der Waals surface area contributed by atoms with Crippen LogP contribution in [0.5, 0.6) is 5.75 Å². The highest BCUT2D eigenvalue weighted by atomic mass is 19.1. The van der Waals surface area contributed by atoms with Crippen molar-refractivity contribution in [3.8, 4) is 5.75 Å². The number of nitrogens with zero attached hydrogens (tertiary/aromatic N) is 1. The molecule has 11 heteroatoms. The number of carbonyl (C=O) groups excluding carboxylic acids is 1. The Hall–Kier alpha value is -4.80. The Morgan fingerprint density at radius 1 is 1.10 bits per heavy atom. The fourth-order valence-corrected chi connectivity index (χ4v) is 5.26. The Labute approximate surface area is 239 Å². The summed E-state index contributed by atoms with van der Waals surface area (Å²) < 4.78 is 48.8. The first-order valence-electron chi connectivity index (χ1n) is 13.4. The van der Waals surface area contributed by atoms with E-state index in [0.29, 0.717) is 30.7 Å². The van der Waals surface area contributed by atoms with Crippen molar-refractivity contribution >= 4 is 11.9 Å². The number of benzene rings is 2. The number of aromatic nitrogens is 1. The minimum absolute atomic E-state index is 0.142. The van der Waals surface area contributed by atoms with Crippen LogP contribution >= 0.6 is 0 Å². The topological polar surface area (TPSA) is 110 Å². The average Bonchev–Trinajstić information content (AvgIpc) is 3.19. The number of carboxylic acid groups (broad SMARTS) is 1. The molecular formula is C31H28F3N3O5. The van der Waals surface area contributed by atoms with Gasteiger partial charge in [-0.3, -0.25) is 9.59 Å². The molecule has 2 aromatic carbocycles. The van der Waals surface area contributed by atoms with Crippen molar-refractivity contribution in [2.24, 2.45) is 5.92 Å². The minimum atomic E-state index is -1.42. The summed E-state index contributed by atoms with van der Waals surface area (Å²) in [4.78, 5) is 39.4. The summed E-state index contributed by atoms with van der Waals surface area (Å²) in [6, 6.07) is 9.27. The number of ether oxygens (including phenoxy) is 1. The number of rotatable bonds is 8. The maximum absolute atomic E-state index is 14.2. The van der Waals surface area contributed by atoms with Crippen LogP contribution in [0.1, 0.15) is 57.3 Å². The molecule has 0 saturated carbocycles. The van der Waals surface area contributed by atoms with E-state index in [0.717, 1.165) is 24.7 Å². The number of carbonyl (C=O) groups is 2. The van der Waals surface area contributed by atoms with E-state index in [1.54, 1.807) is 30.3 Å². The molecule has 2 aliphatic rings. The number of hydrogen-bond donors (Lipinski definition) is 3. The van der Waals surface area contributed by atoms with Gasteiger partial charge < -0.3 is 25.0 Å². The molecule has 0 bridgehead atoms. The maximum atomic E-state index is 14.2. The van der Waals surface area contributed by atoms with Crippen LogP contribution < -0.4 is 20.8 Å². The molecule has 1 aliphatic heterocycles. The molecule has 1 fully saturated rings. The molecule has 0 radical (unpaired) electrons. The first-order chi connectivity index (χ1) is 20.2. The lowest BCUT2D eigenvalue weighted by molar-refractivity contribution is 0.0672. The van der Waals surface area contributed by atoms with Crippen molar-refractivity contribution in [3.05, 3.63) is 123 Å². The highest BCUT2D eigenvalue weighted by Gasteiger charge is 2.31. The number of allylic oxidation sites excluding steroid dienone is 4. The molecule has 0 spiro atoms. The van der Waals surface area contributed by atoms with Crippen LogP contribution in [0, 0.1) is 23.4 Å². The van der Waals surface area contributed by atoms with Gasteiger partial charge in [-0.15, -0.1) is 0 Å². The van der Waals surface area contributed by atoms with Crippen LogP contribution in [-0.2, 0) is 13.2 Å². The summed E-state index contributed by atoms with van der Waals surface area (Å²) in [6.07, 6.45) is 9.23. The van der Waals surface area contributed by atoms with Gasteiger partial charge in [0.15, 0.2) is 11.4 Å². The Kier molecular flexibility index (Phi) is 8.46. The largest absolute Gasteiger partial charge is 0.482 e. The molecule has 5 rings (SSSR count). The molecule has 1 aliphatic carbocycles. The van der Waals surface area contributed by atoms with E-state index in [1.807, 2.05) is 12.2 Å². The molecular weight excluding hydrogens is 551 g/mol. The second kappa shape index (κ2) is 12.4. The first kappa shape index (κ1) is 28.7. The van der Waals surface area contributed by atoms with Crippen molar-refractivity contribution in [2.75, 3.05) is 6.54 Å². The Morgan fingerprint density at radius 2 is 1.83 bits per heavy atom. The maximum Gasteiger partial charge on any atom is 0.356 e. The molecule has 218 valence electrons. The van der Waals surface area contributed by atoms with Crippen LogP contribution in [0.2, 0.25) is 0 Å². The zero-order valence-electron chi connectivity index (χ0n) is 22.4. The lowest BCUT2D eigenvalue weighted by Gasteiger charge is -2.24. The number of halogens is 3. The first-order valence-corrected chi connectivity index (χ1v) is 13.4. The smallest absolute Gasteiger partial charge is 0.356 e. The molecule has 1 saturated heterocycles. The summed E-state index contributed by atoms with van der Waals surface area (Å²) in [6.45, 7) is -0.494. The SMILES string of the molecule is O=C(NCc1c(F)cc(F)cc1F)c1cn([C@H]2CCC3CC=CC=C3NC2)c(C(=O)O)c(OCc2ccccc2)c1=O. The Bertz CT molecular complexity index is 1610. The van der Waals surface area contributed by atoms with Crippen molar-refractivity contribution in [1.29, 1.82) is 0 Å². The Morgan fingerprint density at radius 3 is 2.55 bits per heavy atom. The van der Waals surface area contributed by atoms with Crippen LogP contribution in [-0.4, -0.2) is 28.1 Å². The van der Waals surface area contributed by atoms with Gasteiger partial charge in [0.2, 0.25) is 5.43 Å². The zero-order valence-corrected chi connectivity index (χ0v) is 22.4. The molecule has 1 unspecified atom stereocenters. The van der Waals surface area contributed by atoms with Gasteiger partial charge in [0.25, 0.3) is 5.91 Å². The highest BCUT2D eigenvalue weighted by molar-refractivity contribution is 5.96. The van der Waals surface area contributed by atoms with Crippen molar-refractivity contribution in [2.45, 2.75) is 38.5 Å². The molecule has 1 amide bonds. The van der Waals surface area contributed by atoms with Crippen LogP contribution in [0.4, 0.5) is 13.2 Å². The van der Waals surface area contributed by atoms with Gasteiger partial charge in [-0.1, -0.05) is 42.5 Å². The third-order valence-electron chi connectivity index (χ3n) is 7.45. The number of aromatic carboxylic acids is 1. The van der Waals surface area contributed by atoms with Gasteiger partial charge in [-0.05, 0) is 30.9 Å². The number of nitrogens with one attached hydrogen (secondary N) is 2. The summed E-state index contributed by atoms with van der Waals surface area (Å²) in [7, 11) is 0. The summed E-state index contributed by atoms with van der Waals surface area (Å²) >= 11 is 0. The van der Waals surface area contributed by atoms with Crippen molar-refractivity contribution in [3.63, 3.8) is 0 Å². The molecule has 2 atom stereocenters. The summed E-state index contributed by atoms with van der Waals surface area (Å²) in [5.74, 6) is -6.23. The standard InChI is InChI=1S/C31H28F3N3O5/c32-20-12-24(33)22(25(34)13-20)15-36-30(39)23-16-37(21-11-10-19-8-4-5-9-26(19)35-14-21)27(31(40)41)29(28(23)38)42-17-18-6-2-1-3-7-18/h1-7,9,12-13,16,19,21,35H,8,10-11,14-15,17H2,(H,36,39)(H,40,41)/t19?,21-/m0/s1. The fraction of sp³-hybridized carbons (Fsp3) is 0.258. The van der Waals surface area contributed by atoms with Gasteiger partial charge in [0.05, 0.1) is 6.04 Å². The number of carboxylic acids is 1. The molecule has 3 aromatic rings. The number of pyridine rings is 1. The highest BCUT2D eigenvalue weighted by Crippen LogP contribution is 2.32. The fourth-order valence-electron chi connectivity index (χ4n) is 5.26. The van der Waals surface area contributed by atoms with Gasteiger partial charge in [-0.2, -0.15) is 0 Å². The molecule has 3 N–H and O–H groups in total. The number of fused-ring (bicyclic) bond motifs is 1. The zero-order chi connectivity index (χ0) is 29.8. The minimum Gasteiger partial charge on any atom is -0.482 e. The van der Waals surface area contributed by atoms with Crippen molar-refractivity contribution < 1.29 is 32.6 Å². The van der Waals surface area contributed by atoms with E-state index in [9.17, 15) is 32.7 Å². The predicted molar refractivity (Wildman–Crippen MR) is 148 cm³/mol. The van der Waals surface area contributed by atoms with Gasteiger partial charge in [-0.25, -0.2) is 18.0 Å². The van der Waals surface area contributed by atoms with Gasteiger partial charge in [0.1, 0.15) is 29.6 Å². The normalized spacial score (nSPS) is 17.8. The van der Waals surface area contributed by atoms with E-state index < -0.39 is 69.9 Å². The van der Waals surface area contributed by atoms with E-state index >= 15 is 0 Å². The van der Waals surface area contributed by atoms with E-state index in [1.165, 1.54) is 4.57 Å². The number of amides is 1. The predicted octanol–water partition coefficient (Wildman–Crippen LogP) is 4.86. The van der Waals surface area contributed by atoms with Crippen LogP contribution in [0.15, 0.2) is 77.4 Å². The Balaban J connectivity index is 1.53. The molecule has 2 heterocycles. The summed E-state index contributed by atoms with van der Waals surface area (Å²) in [5, 5.41) is 15.9. The lowest BCUT2D eigenvalue weighted by Crippen LogP contribution is -2.34. The lowest BCUT2D eigenvalue weighted by atomic mass is 9.92.